The van der Waals surface area contributed by atoms with Gasteiger partial charge in [0.2, 0.25) is 5.65 Å². The lowest BCUT2D eigenvalue weighted by molar-refractivity contribution is 0.265. The lowest BCUT2D eigenvalue weighted by Gasteiger charge is -2.38. The van der Waals surface area contributed by atoms with E-state index < -0.39 is 0 Å². The molecular weight excluding hydrogens is 216 g/mol. The Morgan fingerprint density at radius 1 is 1.47 bits per heavy atom. The van der Waals surface area contributed by atoms with Gasteiger partial charge >= 0.3 is 0 Å². The fourth-order valence-corrected chi connectivity index (χ4v) is 2.13. The van der Waals surface area contributed by atoms with E-state index in [0.717, 1.165) is 36.7 Å². The van der Waals surface area contributed by atoms with Gasteiger partial charge in [0.05, 0.1) is 0 Å². The molecule has 2 aromatic heterocycles. The molecule has 0 saturated heterocycles. The first-order chi connectivity index (χ1) is 8.18. The van der Waals surface area contributed by atoms with Gasteiger partial charge in [0.1, 0.15) is 5.82 Å². The molecule has 0 aliphatic heterocycles. The van der Waals surface area contributed by atoms with Crippen LogP contribution in [0.5, 0.6) is 0 Å². The Hall–Kier alpha value is -1.69. The molecule has 17 heavy (non-hydrogen) atoms. The molecule has 1 fully saturated rings. The summed E-state index contributed by atoms with van der Waals surface area (Å²) < 4.78 is 1.92. The SMILES string of the molecule is Cc1nnc2c(NCC3(N)CCC3)nccn12. The van der Waals surface area contributed by atoms with Crippen molar-refractivity contribution >= 4 is 11.5 Å². The minimum Gasteiger partial charge on any atom is -0.365 e. The number of rotatable bonds is 3. The number of hydrogen-bond donors (Lipinski definition) is 2. The maximum absolute atomic E-state index is 6.17. The highest BCUT2D eigenvalue weighted by Crippen LogP contribution is 2.29. The highest BCUT2D eigenvalue weighted by Gasteiger charge is 2.32. The Bertz CT molecular complexity index is 542. The zero-order valence-corrected chi connectivity index (χ0v) is 9.85. The molecule has 0 bridgehead atoms. The van der Waals surface area contributed by atoms with Crippen molar-refractivity contribution in [3.8, 4) is 0 Å². The number of hydrogen-bond acceptors (Lipinski definition) is 5. The maximum atomic E-state index is 6.17. The molecule has 6 nitrogen and oxygen atoms in total. The summed E-state index contributed by atoms with van der Waals surface area (Å²) in [6, 6.07) is 0. The molecule has 0 radical (unpaired) electrons. The molecule has 1 saturated carbocycles. The Morgan fingerprint density at radius 2 is 2.29 bits per heavy atom. The lowest BCUT2D eigenvalue weighted by atomic mass is 9.78. The van der Waals surface area contributed by atoms with E-state index in [4.69, 9.17) is 5.73 Å². The van der Waals surface area contributed by atoms with E-state index >= 15 is 0 Å². The van der Waals surface area contributed by atoms with Crippen LogP contribution in [0.15, 0.2) is 12.4 Å². The minimum atomic E-state index is -0.0659. The maximum Gasteiger partial charge on any atom is 0.203 e. The molecular formula is C11H16N6. The highest BCUT2D eigenvalue weighted by molar-refractivity contribution is 5.62. The lowest BCUT2D eigenvalue weighted by Crippen LogP contribution is -2.52. The zero-order valence-electron chi connectivity index (χ0n) is 9.85. The molecule has 0 spiro atoms. The van der Waals surface area contributed by atoms with Gasteiger partial charge in [0.15, 0.2) is 5.82 Å². The second-order valence-electron chi connectivity index (χ2n) is 4.79. The van der Waals surface area contributed by atoms with Crippen LogP contribution in [0.25, 0.3) is 5.65 Å². The summed E-state index contributed by atoms with van der Waals surface area (Å²) in [7, 11) is 0. The molecule has 0 atom stereocenters. The molecule has 3 N–H and O–H groups in total. The average Bonchev–Trinajstić information content (AvgIpc) is 2.67. The van der Waals surface area contributed by atoms with E-state index in [1.807, 2.05) is 17.5 Å². The third-order valence-electron chi connectivity index (χ3n) is 3.45. The summed E-state index contributed by atoms with van der Waals surface area (Å²) >= 11 is 0. The topological polar surface area (TPSA) is 81.1 Å². The van der Waals surface area contributed by atoms with Crippen molar-refractivity contribution in [1.29, 1.82) is 0 Å². The number of nitrogens with one attached hydrogen (secondary N) is 1. The van der Waals surface area contributed by atoms with Crippen molar-refractivity contribution in [2.45, 2.75) is 31.7 Å². The molecule has 2 heterocycles. The van der Waals surface area contributed by atoms with Gasteiger partial charge in [-0.2, -0.15) is 0 Å². The summed E-state index contributed by atoms with van der Waals surface area (Å²) in [5.74, 6) is 1.61. The summed E-state index contributed by atoms with van der Waals surface area (Å²) in [5.41, 5.74) is 6.86. The predicted octanol–water partition coefficient (Wildman–Crippen LogP) is 0.726. The molecule has 0 unspecified atom stereocenters. The van der Waals surface area contributed by atoms with Crippen LogP contribution in [0.3, 0.4) is 0 Å². The van der Waals surface area contributed by atoms with Crippen LogP contribution in [0, 0.1) is 6.92 Å². The van der Waals surface area contributed by atoms with Crippen molar-refractivity contribution in [2.75, 3.05) is 11.9 Å². The van der Waals surface area contributed by atoms with Gasteiger partial charge in [0, 0.05) is 24.5 Å². The van der Waals surface area contributed by atoms with Crippen LogP contribution in [0.4, 0.5) is 5.82 Å². The van der Waals surface area contributed by atoms with Crippen molar-refractivity contribution < 1.29 is 0 Å². The largest absolute Gasteiger partial charge is 0.365 e. The van der Waals surface area contributed by atoms with Gasteiger partial charge in [-0.3, -0.25) is 4.40 Å². The normalized spacial score (nSPS) is 18.0. The fraction of sp³-hybridized carbons (Fsp3) is 0.545. The first-order valence-electron chi connectivity index (χ1n) is 5.87. The van der Waals surface area contributed by atoms with Crippen molar-refractivity contribution in [3.05, 3.63) is 18.2 Å². The fourth-order valence-electron chi connectivity index (χ4n) is 2.13. The second kappa shape index (κ2) is 3.66. The van der Waals surface area contributed by atoms with Gasteiger partial charge in [-0.25, -0.2) is 4.98 Å². The van der Waals surface area contributed by atoms with E-state index in [2.05, 4.69) is 20.5 Å². The van der Waals surface area contributed by atoms with Gasteiger partial charge in [-0.1, -0.05) is 0 Å². The smallest absolute Gasteiger partial charge is 0.203 e. The third-order valence-corrected chi connectivity index (χ3v) is 3.45. The molecule has 1 aliphatic rings. The number of aromatic nitrogens is 4. The summed E-state index contributed by atoms with van der Waals surface area (Å²) in [6.45, 7) is 2.66. The number of anilines is 1. The Labute approximate surface area is 99.3 Å². The monoisotopic (exact) mass is 232 g/mol. The number of fused-ring (bicyclic) bond motifs is 1. The van der Waals surface area contributed by atoms with Crippen molar-refractivity contribution in [3.63, 3.8) is 0 Å². The van der Waals surface area contributed by atoms with Crippen LogP contribution >= 0.6 is 0 Å². The molecule has 0 amide bonds. The number of aryl methyl sites for hydroxylation is 1. The Kier molecular flexibility index (Phi) is 2.25. The second-order valence-corrected chi connectivity index (χ2v) is 4.79. The van der Waals surface area contributed by atoms with E-state index in [9.17, 15) is 0 Å². The van der Waals surface area contributed by atoms with E-state index in [0.29, 0.717) is 0 Å². The van der Waals surface area contributed by atoms with Crippen LogP contribution < -0.4 is 11.1 Å². The first-order valence-corrected chi connectivity index (χ1v) is 5.87. The summed E-state index contributed by atoms with van der Waals surface area (Å²) in [5, 5.41) is 11.4. The van der Waals surface area contributed by atoms with Crippen LogP contribution in [-0.4, -0.2) is 31.7 Å². The molecule has 2 aromatic rings. The van der Waals surface area contributed by atoms with E-state index in [1.54, 1.807) is 6.20 Å². The standard InChI is InChI=1S/C11H16N6/c1-8-15-16-10-9(13-5-6-17(8)10)14-7-11(12)3-2-4-11/h5-6H,2-4,7,12H2,1H3,(H,13,14). The molecule has 3 rings (SSSR count). The van der Waals surface area contributed by atoms with E-state index in [1.165, 1.54) is 6.42 Å². The summed E-state index contributed by atoms with van der Waals surface area (Å²) in [6.07, 6.45) is 6.98. The van der Waals surface area contributed by atoms with Gasteiger partial charge in [-0.05, 0) is 26.2 Å². The van der Waals surface area contributed by atoms with Crippen molar-refractivity contribution in [2.24, 2.45) is 5.73 Å². The minimum absolute atomic E-state index is 0.0659. The molecule has 1 aliphatic carbocycles. The highest BCUT2D eigenvalue weighted by atomic mass is 15.3. The Morgan fingerprint density at radius 3 is 3.00 bits per heavy atom. The van der Waals surface area contributed by atoms with E-state index in [-0.39, 0.29) is 5.54 Å². The van der Waals surface area contributed by atoms with Gasteiger partial charge in [-0.15, -0.1) is 10.2 Å². The molecule has 90 valence electrons. The Balaban J connectivity index is 1.85. The predicted molar refractivity (Wildman–Crippen MR) is 64.8 cm³/mol. The van der Waals surface area contributed by atoms with Crippen LogP contribution in [-0.2, 0) is 0 Å². The third kappa shape index (κ3) is 1.74. The number of nitrogens with two attached hydrogens (primary N) is 1. The summed E-state index contributed by atoms with van der Waals surface area (Å²) in [4.78, 5) is 4.29. The number of nitrogens with zero attached hydrogens (tertiary/aromatic N) is 4. The van der Waals surface area contributed by atoms with Crippen molar-refractivity contribution in [1.82, 2.24) is 19.6 Å². The first kappa shape index (κ1) is 10.5. The molecule has 0 aromatic carbocycles. The van der Waals surface area contributed by atoms with Gasteiger partial charge < -0.3 is 11.1 Å². The average molecular weight is 232 g/mol. The van der Waals surface area contributed by atoms with Crippen LogP contribution in [0.1, 0.15) is 25.1 Å². The van der Waals surface area contributed by atoms with Gasteiger partial charge in [0.25, 0.3) is 0 Å². The quantitative estimate of drug-likeness (QED) is 0.815. The zero-order chi connectivity index (χ0) is 11.9. The molecule has 6 heteroatoms. The van der Waals surface area contributed by atoms with Crippen LogP contribution in [0.2, 0.25) is 0 Å².